The van der Waals surface area contributed by atoms with Gasteiger partial charge in [-0.05, 0) is 24.5 Å². The number of nitrogens with zero attached hydrogens (tertiary/aromatic N) is 2. The smallest absolute Gasteiger partial charge is 0.282 e. The van der Waals surface area contributed by atoms with Crippen LogP contribution < -0.4 is 0 Å². The van der Waals surface area contributed by atoms with Gasteiger partial charge in [0.05, 0.1) is 11.0 Å². The monoisotopic (exact) mass is 282 g/mol. The lowest BCUT2D eigenvalue weighted by Crippen LogP contribution is -2.45. The van der Waals surface area contributed by atoms with Crippen LogP contribution in [0.2, 0.25) is 0 Å². The molecule has 1 heterocycles. The predicted molar refractivity (Wildman–Crippen MR) is 68.7 cm³/mol. The number of nitro benzene ring substituents is 1. The number of halogens is 1. The number of carbonyl (C=O) groups is 1. The second-order valence-electron chi connectivity index (χ2n) is 5.00. The standard InChI is InChI=1S/C13H15FN2O4/c1-8-7-15(5-4-12(8)17)13(18)10-6-9(14)2-3-11(10)16(19)20/h2-3,6,8,12,17H,4-5,7H2,1H3. The molecule has 0 saturated carbocycles. The lowest BCUT2D eigenvalue weighted by Gasteiger charge is -2.34. The minimum atomic E-state index is -0.700. The third-order valence-electron chi connectivity index (χ3n) is 3.53. The summed E-state index contributed by atoms with van der Waals surface area (Å²) in [5.41, 5.74) is -0.659. The van der Waals surface area contributed by atoms with E-state index in [1.165, 1.54) is 4.90 Å². The van der Waals surface area contributed by atoms with E-state index in [0.717, 1.165) is 18.2 Å². The van der Waals surface area contributed by atoms with Gasteiger partial charge >= 0.3 is 0 Å². The van der Waals surface area contributed by atoms with E-state index in [4.69, 9.17) is 0 Å². The molecule has 1 aromatic carbocycles. The van der Waals surface area contributed by atoms with Crippen LogP contribution in [-0.2, 0) is 0 Å². The van der Waals surface area contributed by atoms with Gasteiger partial charge in [-0.25, -0.2) is 4.39 Å². The first-order valence-electron chi connectivity index (χ1n) is 6.31. The van der Waals surface area contributed by atoms with E-state index in [-0.39, 0.29) is 11.5 Å². The van der Waals surface area contributed by atoms with Gasteiger partial charge in [-0.15, -0.1) is 0 Å². The number of hydrogen-bond donors (Lipinski definition) is 1. The second-order valence-corrected chi connectivity index (χ2v) is 5.00. The van der Waals surface area contributed by atoms with Gasteiger partial charge in [0, 0.05) is 19.2 Å². The summed E-state index contributed by atoms with van der Waals surface area (Å²) < 4.78 is 13.2. The van der Waals surface area contributed by atoms with Crippen molar-refractivity contribution < 1.29 is 19.2 Å². The van der Waals surface area contributed by atoms with E-state index < -0.39 is 28.4 Å². The zero-order valence-electron chi connectivity index (χ0n) is 11.0. The fraction of sp³-hybridized carbons (Fsp3) is 0.462. The van der Waals surface area contributed by atoms with E-state index >= 15 is 0 Å². The Morgan fingerprint density at radius 1 is 1.55 bits per heavy atom. The maximum absolute atomic E-state index is 13.2. The largest absolute Gasteiger partial charge is 0.393 e. The molecule has 1 amide bonds. The van der Waals surface area contributed by atoms with E-state index in [0.29, 0.717) is 19.5 Å². The predicted octanol–water partition coefficient (Wildman–Crippen LogP) is 1.58. The molecule has 2 rings (SSSR count). The van der Waals surface area contributed by atoms with Gasteiger partial charge < -0.3 is 10.0 Å². The average Bonchev–Trinajstić information content (AvgIpc) is 2.40. The van der Waals surface area contributed by atoms with E-state index in [1.54, 1.807) is 6.92 Å². The Morgan fingerprint density at radius 2 is 2.25 bits per heavy atom. The SMILES string of the molecule is CC1CN(C(=O)c2cc(F)ccc2[N+](=O)[O-])CCC1O. The first-order chi connectivity index (χ1) is 9.40. The number of nitro groups is 1. The highest BCUT2D eigenvalue weighted by molar-refractivity contribution is 5.98. The highest BCUT2D eigenvalue weighted by Gasteiger charge is 2.31. The summed E-state index contributed by atoms with van der Waals surface area (Å²) in [7, 11) is 0. The molecule has 0 bridgehead atoms. The topological polar surface area (TPSA) is 83.7 Å². The number of carbonyl (C=O) groups excluding carboxylic acids is 1. The summed E-state index contributed by atoms with van der Waals surface area (Å²) in [6.07, 6.45) is -0.0720. The first kappa shape index (κ1) is 14.4. The van der Waals surface area contributed by atoms with Crippen LogP contribution in [0, 0.1) is 21.8 Å². The van der Waals surface area contributed by atoms with Crippen molar-refractivity contribution in [1.29, 1.82) is 0 Å². The number of aliphatic hydroxyl groups excluding tert-OH is 1. The molecule has 0 aliphatic carbocycles. The molecule has 0 spiro atoms. The Morgan fingerprint density at radius 3 is 2.85 bits per heavy atom. The van der Waals surface area contributed by atoms with Gasteiger partial charge in [0.2, 0.25) is 0 Å². The van der Waals surface area contributed by atoms with Gasteiger partial charge in [0.1, 0.15) is 11.4 Å². The van der Waals surface area contributed by atoms with Crippen molar-refractivity contribution in [2.24, 2.45) is 5.92 Å². The number of rotatable bonds is 2. The van der Waals surface area contributed by atoms with Crippen LogP contribution >= 0.6 is 0 Å². The fourth-order valence-electron chi connectivity index (χ4n) is 2.33. The Labute approximate surface area is 115 Å². The molecule has 6 nitrogen and oxygen atoms in total. The number of likely N-dealkylation sites (tertiary alicyclic amines) is 1. The lowest BCUT2D eigenvalue weighted by molar-refractivity contribution is -0.385. The highest BCUT2D eigenvalue weighted by atomic mass is 19.1. The minimum Gasteiger partial charge on any atom is -0.393 e. The van der Waals surface area contributed by atoms with Crippen molar-refractivity contribution >= 4 is 11.6 Å². The van der Waals surface area contributed by atoms with E-state index in [9.17, 15) is 24.4 Å². The van der Waals surface area contributed by atoms with Gasteiger partial charge in [-0.2, -0.15) is 0 Å². The molecule has 1 N–H and O–H groups in total. The van der Waals surface area contributed by atoms with Crippen LogP contribution in [0.1, 0.15) is 23.7 Å². The molecule has 2 unspecified atom stereocenters. The summed E-state index contributed by atoms with van der Waals surface area (Å²) >= 11 is 0. The van der Waals surface area contributed by atoms with Crippen LogP contribution in [0.5, 0.6) is 0 Å². The molecule has 1 saturated heterocycles. The van der Waals surface area contributed by atoms with Crippen molar-refractivity contribution in [3.63, 3.8) is 0 Å². The van der Waals surface area contributed by atoms with Crippen molar-refractivity contribution in [3.8, 4) is 0 Å². The molecule has 1 aromatic rings. The molecule has 20 heavy (non-hydrogen) atoms. The molecule has 2 atom stereocenters. The van der Waals surface area contributed by atoms with Crippen LogP contribution in [-0.4, -0.2) is 40.0 Å². The first-order valence-corrected chi connectivity index (χ1v) is 6.31. The van der Waals surface area contributed by atoms with Crippen LogP contribution in [0.4, 0.5) is 10.1 Å². The van der Waals surface area contributed by atoms with Crippen LogP contribution in [0.15, 0.2) is 18.2 Å². The maximum Gasteiger partial charge on any atom is 0.282 e. The quantitative estimate of drug-likeness (QED) is 0.659. The number of hydrogen-bond acceptors (Lipinski definition) is 4. The number of piperidine rings is 1. The molecule has 7 heteroatoms. The van der Waals surface area contributed by atoms with Crippen LogP contribution in [0.25, 0.3) is 0 Å². The van der Waals surface area contributed by atoms with Crippen LogP contribution in [0.3, 0.4) is 0 Å². The molecule has 1 aliphatic heterocycles. The fourth-order valence-corrected chi connectivity index (χ4v) is 2.33. The zero-order valence-corrected chi connectivity index (χ0v) is 11.0. The van der Waals surface area contributed by atoms with Gasteiger partial charge in [0.25, 0.3) is 11.6 Å². The Bertz CT molecular complexity index is 549. The van der Waals surface area contributed by atoms with Gasteiger partial charge in [-0.3, -0.25) is 14.9 Å². The normalized spacial score (nSPS) is 22.6. The lowest BCUT2D eigenvalue weighted by atomic mass is 9.96. The molecular weight excluding hydrogens is 267 g/mol. The van der Waals surface area contributed by atoms with Crippen molar-refractivity contribution in [1.82, 2.24) is 4.90 Å². The Kier molecular flexibility index (Phi) is 3.99. The molecule has 0 radical (unpaired) electrons. The summed E-state index contributed by atoms with van der Waals surface area (Å²) in [6.45, 7) is 2.40. The van der Waals surface area contributed by atoms with E-state index in [1.807, 2.05) is 0 Å². The number of amides is 1. The number of aliphatic hydroxyl groups is 1. The molecule has 0 aromatic heterocycles. The Balaban J connectivity index is 2.29. The molecule has 1 fully saturated rings. The van der Waals surface area contributed by atoms with Gasteiger partial charge in [0.15, 0.2) is 0 Å². The molecule has 1 aliphatic rings. The third-order valence-corrected chi connectivity index (χ3v) is 3.53. The average molecular weight is 282 g/mol. The summed E-state index contributed by atoms with van der Waals surface area (Å²) in [4.78, 5) is 23.9. The summed E-state index contributed by atoms with van der Waals surface area (Å²) in [5, 5.41) is 20.5. The van der Waals surface area contributed by atoms with Crippen molar-refractivity contribution in [3.05, 3.63) is 39.7 Å². The number of benzene rings is 1. The van der Waals surface area contributed by atoms with Crippen molar-refractivity contribution in [2.45, 2.75) is 19.4 Å². The summed E-state index contributed by atoms with van der Waals surface area (Å²) in [6, 6.07) is 2.83. The maximum atomic E-state index is 13.2. The zero-order chi connectivity index (χ0) is 14.9. The highest BCUT2D eigenvalue weighted by Crippen LogP contribution is 2.24. The second kappa shape index (κ2) is 5.54. The molecular formula is C13H15FN2O4. The summed E-state index contributed by atoms with van der Waals surface area (Å²) in [5.74, 6) is -1.38. The van der Waals surface area contributed by atoms with Crippen molar-refractivity contribution in [2.75, 3.05) is 13.1 Å². The molecule has 108 valence electrons. The van der Waals surface area contributed by atoms with E-state index in [2.05, 4.69) is 0 Å². The van der Waals surface area contributed by atoms with Gasteiger partial charge in [-0.1, -0.05) is 6.92 Å². The minimum absolute atomic E-state index is 0.111. The Hall–Kier alpha value is -2.02. The third kappa shape index (κ3) is 2.77.